The first-order valence-corrected chi connectivity index (χ1v) is 8.14. The molecule has 1 heterocycles. The second-order valence-corrected chi connectivity index (χ2v) is 6.45. The smallest absolute Gasteiger partial charge is 0.303 e. The van der Waals surface area contributed by atoms with Crippen LogP contribution >= 0.6 is 15.9 Å². The molecule has 1 N–H and O–H groups in total. The monoisotopic (exact) mass is 411 g/mol. The Morgan fingerprint density at radius 3 is 2.12 bits per heavy atom. The molecule has 0 aliphatic heterocycles. The van der Waals surface area contributed by atoms with Gasteiger partial charge in [-0.25, -0.2) is 0 Å². The molecule has 0 fully saturated rings. The van der Waals surface area contributed by atoms with Gasteiger partial charge in [-0.05, 0) is 24.3 Å². The van der Waals surface area contributed by atoms with Gasteiger partial charge in [0.1, 0.15) is 6.54 Å². The van der Waals surface area contributed by atoms with Gasteiger partial charge in [0.15, 0.2) is 5.78 Å². The topological polar surface area (TPSA) is 50.8 Å². The maximum absolute atomic E-state index is 12.8. The summed E-state index contributed by atoms with van der Waals surface area (Å²) in [5.41, 5.74) is 0.766. The molecule has 0 radical (unpaired) electrons. The molecule has 0 bridgehead atoms. The van der Waals surface area contributed by atoms with E-state index >= 15 is 0 Å². The van der Waals surface area contributed by atoms with Crippen molar-refractivity contribution in [1.29, 1.82) is 5.41 Å². The SMILES string of the molecule is N=c1n(CC(=O)c2ccc(Br)cc2)c2ccccc2n1CC(F)(F)F. The summed E-state index contributed by atoms with van der Waals surface area (Å²) in [4.78, 5) is 12.5. The lowest BCUT2D eigenvalue weighted by Crippen LogP contribution is -2.31. The zero-order chi connectivity index (χ0) is 18.2. The minimum absolute atomic E-state index is 0.203. The predicted molar refractivity (Wildman–Crippen MR) is 90.3 cm³/mol. The lowest BCUT2D eigenvalue weighted by atomic mass is 10.1. The highest BCUT2D eigenvalue weighted by atomic mass is 79.9. The van der Waals surface area contributed by atoms with Gasteiger partial charge in [-0.15, -0.1) is 0 Å². The minimum Gasteiger partial charge on any atom is -0.303 e. The van der Waals surface area contributed by atoms with Crippen LogP contribution in [0, 0.1) is 5.41 Å². The fraction of sp³-hybridized carbons (Fsp3) is 0.176. The first-order chi connectivity index (χ1) is 11.8. The van der Waals surface area contributed by atoms with Crippen LogP contribution in [0.1, 0.15) is 10.4 Å². The van der Waals surface area contributed by atoms with Gasteiger partial charge in [-0.2, -0.15) is 13.2 Å². The maximum atomic E-state index is 12.8. The van der Waals surface area contributed by atoms with Crippen molar-refractivity contribution >= 4 is 32.7 Å². The number of hydrogen-bond donors (Lipinski definition) is 1. The molecule has 0 aliphatic carbocycles. The first-order valence-electron chi connectivity index (χ1n) is 7.34. The Morgan fingerprint density at radius 2 is 1.56 bits per heavy atom. The Morgan fingerprint density at radius 1 is 1.00 bits per heavy atom. The van der Waals surface area contributed by atoms with Crippen LogP contribution in [0.3, 0.4) is 0 Å². The van der Waals surface area contributed by atoms with Gasteiger partial charge in [0.2, 0.25) is 5.62 Å². The Labute approximate surface area is 149 Å². The van der Waals surface area contributed by atoms with Crippen molar-refractivity contribution in [3.63, 3.8) is 0 Å². The number of aromatic nitrogens is 2. The minimum atomic E-state index is -4.45. The van der Waals surface area contributed by atoms with E-state index in [1.807, 2.05) is 0 Å². The molecule has 0 saturated heterocycles. The quantitative estimate of drug-likeness (QED) is 0.644. The molecule has 25 heavy (non-hydrogen) atoms. The van der Waals surface area contributed by atoms with Gasteiger partial charge in [-0.1, -0.05) is 40.2 Å². The Kier molecular flexibility index (Phi) is 4.55. The second-order valence-electron chi connectivity index (χ2n) is 5.53. The second kappa shape index (κ2) is 6.51. The summed E-state index contributed by atoms with van der Waals surface area (Å²) in [6, 6.07) is 13.1. The molecule has 0 aliphatic rings. The number of fused-ring (bicyclic) bond motifs is 1. The lowest BCUT2D eigenvalue weighted by molar-refractivity contribution is -0.140. The van der Waals surface area contributed by atoms with Crippen LogP contribution in [-0.4, -0.2) is 21.1 Å². The summed E-state index contributed by atoms with van der Waals surface area (Å²) in [6.07, 6.45) is -4.45. The van der Waals surface area contributed by atoms with Crippen molar-refractivity contribution < 1.29 is 18.0 Å². The summed E-state index contributed by atoms with van der Waals surface area (Å²) >= 11 is 3.28. The van der Waals surface area contributed by atoms with Crippen LogP contribution in [0.4, 0.5) is 13.2 Å². The zero-order valence-electron chi connectivity index (χ0n) is 12.8. The highest BCUT2D eigenvalue weighted by molar-refractivity contribution is 9.10. The van der Waals surface area contributed by atoms with E-state index in [0.29, 0.717) is 11.1 Å². The number of Topliss-reactive ketones (excluding diaryl/α,β-unsaturated/α-hetero) is 1. The van der Waals surface area contributed by atoms with Crippen molar-refractivity contribution in [2.24, 2.45) is 0 Å². The average Bonchev–Trinajstić information content (AvgIpc) is 2.80. The number of carbonyl (C=O) groups is 1. The molecule has 4 nitrogen and oxygen atoms in total. The van der Waals surface area contributed by atoms with Gasteiger partial charge in [0, 0.05) is 10.0 Å². The molecule has 0 amide bonds. The summed E-state index contributed by atoms with van der Waals surface area (Å²) in [7, 11) is 0. The third-order valence-corrected chi connectivity index (χ3v) is 4.31. The molecule has 0 spiro atoms. The van der Waals surface area contributed by atoms with Crippen molar-refractivity contribution in [2.75, 3.05) is 0 Å². The van der Waals surface area contributed by atoms with Crippen LogP contribution < -0.4 is 5.62 Å². The normalized spacial score (nSPS) is 11.8. The zero-order valence-corrected chi connectivity index (χ0v) is 14.4. The number of imidazole rings is 1. The van der Waals surface area contributed by atoms with Crippen molar-refractivity contribution in [2.45, 2.75) is 19.3 Å². The predicted octanol–water partition coefficient (Wildman–Crippen LogP) is 4.13. The molecular weight excluding hydrogens is 399 g/mol. The van der Waals surface area contributed by atoms with Crippen LogP contribution in [-0.2, 0) is 13.1 Å². The molecule has 1 aromatic heterocycles. The number of nitrogens with one attached hydrogen (secondary N) is 1. The summed E-state index contributed by atoms with van der Waals surface area (Å²) in [5, 5.41) is 8.11. The number of carbonyl (C=O) groups excluding carboxylic acids is 1. The highest BCUT2D eigenvalue weighted by Gasteiger charge is 2.30. The molecule has 8 heteroatoms. The van der Waals surface area contributed by atoms with Gasteiger partial charge in [0.05, 0.1) is 17.6 Å². The molecule has 2 aromatic carbocycles. The Balaban J connectivity index is 2.04. The summed E-state index contributed by atoms with van der Waals surface area (Å²) in [6.45, 7) is -1.47. The lowest BCUT2D eigenvalue weighted by Gasteiger charge is -2.08. The van der Waals surface area contributed by atoms with E-state index in [9.17, 15) is 18.0 Å². The van der Waals surface area contributed by atoms with Gasteiger partial charge < -0.3 is 9.13 Å². The van der Waals surface area contributed by atoms with E-state index < -0.39 is 12.7 Å². The molecule has 130 valence electrons. The van der Waals surface area contributed by atoms with Crippen molar-refractivity contribution in [3.05, 3.63) is 64.2 Å². The van der Waals surface area contributed by atoms with Gasteiger partial charge in [-0.3, -0.25) is 10.2 Å². The molecule has 3 aromatic rings. The van der Waals surface area contributed by atoms with E-state index in [1.165, 1.54) is 10.6 Å². The number of hydrogen-bond acceptors (Lipinski definition) is 2. The van der Waals surface area contributed by atoms with Crippen LogP contribution in [0.15, 0.2) is 53.0 Å². The van der Waals surface area contributed by atoms with Crippen LogP contribution in [0.5, 0.6) is 0 Å². The van der Waals surface area contributed by atoms with Crippen molar-refractivity contribution in [3.8, 4) is 0 Å². The number of ketones is 1. The van der Waals surface area contributed by atoms with Gasteiger partial charge in [0.25, 0.3) is 0 Å². The van der Waals surface area contributed by atoms with Crippen LogP contribution in [0.2, 0.25) is 0 Å². The maximum Gasteiger partial charge on any atom is 0.406 e. The fourth-order valence-corrected chi connectivity index (χ4v) is 2.93. The molecule has 0 saturated carbocycles. The first kappa shape index (κ1) is 17.5. The average molecular weight is 412 g/mol. The summed E-state index contributed by atoms with van der Waals surface area (Å²) < 4.78 is 41.5. The number of nitrogens with zero attached hydrogens (tertiary/aromatic N) is 2. The molecule has 3 rings (SSSR count). The van der Waals surface area contributed by atoms with Gasteiger partial charge >= 0.3 is 6.18 Å². The van der Waals surface area contributed by atoms with Crippen molar-refractivity contribution in [1.82, 2.24) is 9.13 Å². The number of para-hydroxylation sites is 2. The van der Waals surface area contributed by atoms with Crippen LogP contribution in [0.25, 0.3) is 11.0 Å². The van der Waals surface area contributed by atoms with E-state index in [2.05, 4.69) is 15.9 Å². The van der Waals surface area contributed by atoms with E-state index in [-0.39, 0.29) is 23.5 Å². The Hall–Kier alpha value is -2.35. The standard InChI is InChI=1S/C17H13BrF3N3O/c18-12-7-5-11(6-8-12)15(25)9-23-13-3-1-2-4-14(13)24(16(23)22)10-17(19,20)21/h1-8,22H,9-10H2. The van der Waals surface area contributed by atoms with E-state index in [4.69, 9.17) is 5.41 Å². The Bertz CT molecular complexity index is 987. The third kappa shape index (κ3) is 3.68. The number of rotatable bonds is 4. The summed E-state index contributed by atoms with van der Waals surface area (Å²) in [5.74, 6) is -0.277. The van der Waals surface area contributed by atoms with E-state index in [1.54, 1.807) is 42.5 Å². The number of benzene rings is 2. The highest BCUT2D eigenvalue weighted by Crippen LogP contribution is 2.21. The number of halogens is 4. The molecular formula is C17H13BrF3N3O. The largest absolute Gasteiger partial charge is 0.406 e. The molecule has 0 unspecified atom stereocenters. The fourth-order valence-electron chi connectivity index (χ4n) is 2.66. The molecule has 0 atom stereocenters. The third-order valence-electron chi connectivity index (χ3n) is 3.78. The number of alkyl halides is 3. The van der Waals surface area contributed by atoms with E-state index in [0.717, 1.165) is 9.04 Å².